The zero-order valence-electron chi connectivity index (χ0n) is 6.88. The molecule has 0 radical (unpaired) electrons. The van der Waals surface area contributed by atoms with Crippen LogP contribution in [0.4, 0.5) is 0 Å². The Balaban J connectivity index is 3.81. The first-order chi connectivity index (χ1) is 4.79. The van der Waals surface area contributed by atoms with Crippen molar-refractivity contribution in [1.29, 1.82) is 0 Å². The number of nitrogens with zero attached hydrogens (tertiary/aromatic N) is 1. The van der Waals surface area contributed by atoms with Crippen molar-refractivity contribution in [3.8, 4) is 0 Å². The van der Waals surface area contributed by atoms with Crippen LogP contribution < -0.4 is 0 Å². The standard InChI is InChI=1S/C8H17NO/c1-4-8(7-10)9(5-2)6-3/h4,8,10H,1,5-7H2,2-3H3/t8-/m0/s1. The molecule has 0 fully saturated rings. The van der Waals surface area contributed by atoms with E-state index < -0.39 is 0 Å². The Morgan fingerprint density at radius 1 is 1.50 bits per heavy atom. The highest BCUT2D eigenvalue weighted by Crippen LogP contribution is 1.97. The Morgan fingerprint density at radius 2 is 2.00 bits per heavy atom. The van der Waals surface area contributed by atoms with Crippen molar-refractivity contribution in [2.75, 3.05) is 19.7 Å². The molecule has 0 amide bonds. The number of rotatable bonds is 5. The van der Waals surface area contributed by atoms with Gasteiger partial charge in [0.25, 0.3) is 0 Å². The quantitative estimate of drug-likeness (QED) is 0.577. The van der Waals surface area contributed by atoms with Crippen molar-refractivity contribution in [1.82, 2.24) is 4.90 Å². The van der Waals surface area contributed by atoms with Crippen LogP contribution in [0.15, 0.2) is 12.7 Å². The average Bonchev–Trinajstić information content (AvgIpc) is 2.00. The molecule has 0 aliphatic carbocycles. The van der Waals surface area contributed by atoms with E-state index in [9.17, 15) is 0 Å². The second kappa shape index (κ2) is 5.45. The molecule has 0 spiro atoms. The maximum Gasteiger partial charge on any atom is 0.0622 e. The highest BCUT2D eigenvalue weighted by atomic mass is 16.3. The Labute approximate surface area is 63.2 Å². The van der Waals surface area contributed by atoms with E-state index in [0.29, 0.717) is 0 Å². The summed E-state index contributed by atoms with van der Waals surface area (Å²) < 4.78 is 0. The average molecular weight is 143 g/mol. The molecule has 60 valence electrons. The molecular weight excluding hydrogens is 126 g/mol. The predicted octanol–water partition coefficient (Wildman–Crippen LogP) is 0.875. The molecule has 0 unspecified atom stereocenters. The third-order valence-corrected chi connectivity index (χ3v) is 1.74. The highest BCUT2D eigenvalue weighted by Gasteiger charge is 2.08. The monoisotopic (exact) mass is 143 g/mol. The van der Waals surface area contributed by atoms with E-state index in [-0.39, 0.29) is 12.6 Å². The summed E-state index contributed by atoms with van der Waals surface area (Å²) in [4.78, 5) is 2.16. The normalized spacial score (nSPS) is 13.6. The Kier molecular flexibility index (Phi) is 5.26. The molecule has 0 aromatic carbocycles. The zero-order valence-corrected chi connectivity index (χ0v) is 6.88. The van der Waals surface area contributed by atoms with Gasteiger partial charge in [-0.2, -0.15) is 0 Å². The third-order valence-electron chi connectivity index (χ3n) is 1.74. The maximum absolute atomic E-state index is 8.85. The summed E-state index contributed by atoms with van der Waals surface area (Å²) in [5.74, 6) is 0. The summed E-state index contributed by atoms with van der Waals surface area (Å²) in [6, 6.07) is 0.134. The SMILES string of the molecule is C=C[C@@H](CO)N(CC)CC. The van der Waals surface area contributed by atoms with E-state index in [1.165, 1.54) is 0 Å². The molecule has 0 aliphatic heterocycles. The van der Waals surface area contributed by atoms with E-state index in [0.717, 1.165) is 13.1 Å². The molecule has 0 rings (SSSR count). The van der Waals surface area contributed by atoms with Crippen molar-refractivity contribution in [2.45, 2.75) is 19.9 Å². The van der Waals surface area contributed by atoms with E-state index in [1.54, 1.807) is 6.08 Å². The summed E-state index contributed by atoms with van der Waals surface area (Å²) >= 11 is 0. The summed E-state index contributed by atoms with van der Waals surface area (Å²) in [7, 11) is 0. The molecule has 0 bridgehead atoms. The topological polar surface area (TPSA) is 23.5 Å². The van der Waals surface area contributed by atoms with Gasteiger partial charge in [-0.3, -0.25) is 4.90 Å². The molecule has 2 heteroatoms. The predicted molar refractivity (Wildman–Crippen MR) is 44.0 cm³/mol. The van der Waals surface area contributed by atoms with Crippen molar-refractivity contribution in [3.05, 3.63) is 12.7 Å². The second-order valence-electron chi connectivity index (χ2n) is 2.21. The van der Waals surface area contributed by atoms with Gasteiger partial charge >= 0.3 is 0 Å². The van der Waals surface area contributed by atoms with Gasteiger partial charge in [0, 0.05) is 0 Å². The second-order valence-corrected chi connectivity index (χ2v) is 2.21. The Bertz CT molecular complexity index is 89.3. The van der Waals surface area contributed by atoms with Crippen molar-refractivity contribution in [3.63, 3.8) is 0 Å². The first-order valence-electron chi connectivity index (χ1n) is 3.77. The smallest absolute Gasteiger partial charge is 0.0622 e. The first kappa shape index (κ1) is 9.66. The van der Waals surface area contributed by atoms with Gasteiger partial charge in [-0.15, -0.1) is 6.58 Å². The van der Waals surface area contributed by atoms with Crippen molar-refractivity contribution < 1.29 is 5.11 Å². The molecule has 2 nitrogen and oxygen atoms in total. The van der Waals surface area contributed by atoms with Crippen LogP contribution in [-0.2, 0) is 0 Å². The van der Waals surface area contributed by atoms with Crippen LogP contribution in [0.2, 0.25) is 0 Å². The van der Waals surface area contributed by atoms with Gasteiger partial charge in [0.2, 0.25) is 0 Å². The fourth-order valence-electron chi connectivity index (χ4n) is 1.03. The lowest BCUT2D eigenvalue weighted by Crippen LogP contribution is -2.35. The van der Waals surface area contributed by atoms with Gasteiger partial charge in [0.1, 0.15) is 0 Å². The lowest BCUT2D eigenvalue weighted by Gasteiger charge is -2.24. The van der Waals surface area contributed by atoms with Crippen LogP contribution in [0.3, 0.4) is 0 Å². The van der Waals surface area contributed by atoms with Crippen molar-refractivity contribution >= 4 is 0 Å². The van der Waals surface area contributed by atoms with Crippen LogP contribution in [0.25, 0.3) is 0 Å². The number of aliphatic hydroxyl groups is 1. The first-order valence-corrected chi connectivity index (χ1v) is 3.77. The van der Waals surface area contributed by atoms with Crippen LogP contribution in [0, 0.1) is 0 Å². The lowest BCUT2D eigenvalue weighted by molar-refractivity contribution is 0.163. The van der Waals surface area contributed by atoms with Gasteiger partial charge < -0.3 is 5.11 Å². The molecule has 10 heavy (non-hydrogen) atoms. The van der Waals surface area contributed by atoms with E-state index >= 15 is 0 Å². The molecule has 1 N–H and O–H groups in total. The summed E-state index contributed by atoms with van der Waals surface area (Å²) in [6.07, 6.45) is 1.78. The van der Waals surface area contributed by atoms with Crippen LogP contribution >= 0.6 is 0 Å². The largest absolute Gasteiger partial charge is 0.394 e. The van der Waals surface area contributed by atoms with Gasteiger partial charge in [-0.05, 0) is 13.1 Å². The molecule has 0 saturated carbocycles. The maximum atomic E-state index is 8.85. The van der Waals surface area contributed by atoms with Crippen LogP contribution in [0.1, 0.15) is 13.8 Å². The van der Waals surface area contributed by atoms with Crippen LogP contribution in [0.5, 0.6) is 0 Å². The fourth-order valence-corrected chi connectivity index (χ4v) is 1.03. The minimum Gasteiger partial charge on any atom is -0.394 e. The minimum atomic E-state index is 0.134. The van der Waals surface area contributed by atoms with E-state index in [4.69, 9.17) is 5.11 Å². The molecule has 0 aromatic rings. The molecule has 0 aliphatic rings. The van der Waals surface area contributed by atoms with Gasteiger partial charge in [-0.25, -0.2) is 0 Å². The molecule has 0 heterocycles. The van der Waals surface area contributed by atoms with E-state index in [2.05, 4.69) is 25.3 Å². The molecule has 0 saturated heterocycles. The summed E-state index contributed by atoms with van der Waals surface area (Å²) in [5.41, 5.74) is 0. The van der Waals surface area contributed by atoms with Gasteiger partial charge in [-0.1, -0.05) is 19.9 Å². The number of hydrogen-bond donors (Lipinski definition) is 1. The molecule has 0 aromatic heterocycles. The fraction of sp³-hybridized carbons (Fsp3) is 0.750. The minimum absolute atomic E-state index is 0.134. The Morgan fingerprint density at radius 3 is 2.10 bits per heavy atom. The molecule has 1 atom stereocenters. The zero-order chi connectivity index (χ0) is 7.98. The summed E-state index contributed by atoms with van der Waals surface area (Å²) in [5, 5.41) is 8.85. The third kappa shape index (κ3) is 2.50. The van der Waals surface area contributed by atoms with Crippen molar-refractivity contribution in [2.24, 2.45) is 0 Å². The van der Waals surface area contributed by atoms with Gasteiger partial charge in [0.15, 0.2) is 0 Å². The van der Waals surface area contributed by atoms with Crippen LogP contribution in [-0.4, -0.2) is 35.7 Å². The number of aliphatic hydroxyl groups excluding tert-OH is 1. The van der Waals surface area contributed by atoms with Gasteiger partial charge in [0.05, 0.1) is 12.6 Å². The summed E-state index contributed by atoms with van der Waals surface area (Å²) in [6.45, 7) is 9.91. The molecular formula is C8H17NO. The van der Waals surface area contributed by atoms with E-state index in [1.807, 2.05) is 0 Å². The number of hydrogen-bond acceptors (Lipinski definition) is 2. The lowest BCUT2D eigenvalue weighted by atomic mass is 10.2. The Hall–Kier alpha value is -0.340. The number of likely N-dealkylation sites (N-methyl/N-ethyl adjacent to an activating group) is 1. The highest BCUT2D eigenvalue weighted by molar-refractivity contribution is 4.86.